The van der Waals surface area contributed by atoms with Crippen molar-refractivity contribution in [3.05, 3.63) is 72.6 Å². The Morgan fingerprint density at radius 2 is 0.887 bits per heavy atom. The Balaban J connectivity index is 1.14. The van der Waals surface area contributed by atoms with E-state index in [0.717, 1.165) is 72.2 Å². The number of amides is 4. The van der Waals surface area contributed by atoms with Crippen molar-refractivity contribution in [2.75, 3.05) is 13.2 Å². The van der Waals surface area contributed by atoms with E-state index in [1.54, 1.807) is 26.2 Å². The smallest absolute Gasteiger partial charge is 0.407 e. The maximum atomic E-state index is 14.0. The quantitative estimate of drug-likeness (QED) is 0.0766. The number of nitrogens with one attached hydrogen (secondary N) is 6. The Hall–Kier alpha value is -5.66. The van der Waals surface area contributed by atoms with Gasteiger partial charge in [-0.25, -0.2) is 19.6 Å². The van der Waals surface area contributed by atoms with Crippen LogP contribution in [0.15, 0.2) is 60.9 Å². The van der Waals surface area contributed by atoms with Crippen LogP contribution in [0.4, 0.5) is 9.59 Å². The number of imidazole rings is 2. The van der Waals surface area contributed by atoms with Crippen LogP contribution < -0.4 is 21.3 Å². The van der Waals surface area contributed by atoms with E-state index in [0.29, 0.717) is 37.3 Å². The van der Waals surface area contributed by atoms with Crippen LogP contribution in [-0.2, 0) is 19.1 Å². The summed E-state index contributed by atoms with van der Waals surface area (Å²) in [5.74, 6) is 0.831. The minimum absolute atomic E-state index is 0.224. The van der Waals surface area contributed by atoms with Gasteiger partial charge in [-0.15, -0.1) is 0 Å². The monoisotopic (exact) mass is 851 g/mol. The van der Waals surface area contributed by atoms with Crippen LogP contribution in [0.1, 0.15) is 143 Å². The second-order valence-corrected chi connectivity index (χ2v) is 19.0. The van der Waals surface area contributed by atoms with Gasteiger partial charge in [-0.3, -0.25) is 9.59 Å². The summed E-state index contributed by atoms with van der Waals surface area (Å²) < 4.78 is 10.3. The van der Waals surface area contributed by atoms with Crippen LogP contribution in [0.5, 0.6) is 0 Å². The normalized spacial score (nSPS) is 17.2. The van der Waals surface area contributed by atoms with Crippen LogP contribution in [-0.4, -0.2) is 68.2 Å². The number of nitrogens with zero attached hydrogens (tertiary/aromatic N) is 2. The van der Waals surface area contributed by atoms with Gasteiger partial charge in [0.25, 0.3) is 0 Å². The van der Waals surface area contributed by atoms with Gasteiger partial charge in [-0.1, -0.05) is 129 Å². The summed E-state index contributed by atoms with van der Waals surface area (Å²) in [6, 6.07) is 15.6. The zero-order chi connectivity index (χ0) is 44.7. The number of carbonyl (C=O) groups is 4. The molecule has 2 atom stereocenters. The molecule has 334 valence electrons. The molecule has 6 N–H and O–H groups in total. The third-order valence-electron chi connectivity index (χ3n) is 12.3. The third kappa shape index (κ3) is 10.7. The highest BCUT2D eigenvalue weighted by Crippen LogP contribution is 2.38. The summed E-state index contributed by atoms with van der Waals surface area (Å²) in [4.78, 5) is 69.4. The van der Waals surface area contributed by atoms with E-state index in [4.69, 9.17) is 19.4 Å². The number of aromatic nitrogens is 4. The maximum Gasteiger partial charge on any atom is 0.407 e. The molecule has 0 saturated heterocycles. The maximum absolute atomic E-state index is 14.0. The lowest BCUT2D eigenvalue weighted by molar-refractivity contribution is -0.131. The first-order valence-electron chi connectivity index (χ1n) is 22.3. The van der Waals surface area contributed by atoms with Crippen molar-refractivity contribution in [3.63, 3.8) is 0 Å². The Morgan fingerprint density at radius 1 is 0.565 bits per heavy atom. The highest BCUT2D eigenvalue weighted by Gasteiger charge is 2.45. The number of benzene rings is 2. The number of aromatic amines is 2. The van der Waals surface area contributed by atoms with Gasteiger partial charge in [0, 0.05) is 0 Å². The standard InChI is InChI=1S/C48H66N8O6/c1-9-61-43(59)55-47(25-13-11-14-26-47)41(57)53-37(45(3,4)5)39-49-29-35(51-39)33-21-17-31(18-22-33)32-19-23-34(24-20-32)36-30-50-40(52-36)38(46(6,7)8)54-42(58)48(27-15-12-16-28-48)56-44(60)62-10-2/h17-24,29-30,37-38H,9-16,25-28H2,1-8H3,(H,49,51)(H,50,52)(H,53,57)(H,54,58)(H,55,59)(H,56,60)/t37-,38-/m1/s1. The predicted molar refractivity (Wildman–Crippen MR) is 240 cm³/mol. The molecule has 6 rings (SSSR count). The first kappa shape index (κ1) is 45.9. The summed E-state index contributed by atoms with van der Waals surface area (Å²) in [5.41, 5.74) is 2.81. The fourth-order valence-electron chi connectivity index (χ4n) is 8.73. The van der Waals surface area contributed by atoms with Crippen molar-refractivity contribution >= 4 is 24.0 Å². The summed E-state index contributed by atoms with van der Waals surface area (Å²) in [6.07, 6.45) is 10.1. The molecular weight excluding hydrogens is 785 g/mol. The number of hydrogen-bond acceptors (Lipinski definition) is 8. The molecule has 0 unspecified atom stereocenters. The predicted octanol–water partition coefficient (Wildman–Crippen LogP) is 9.44. The number of rotatable bonds is 13. The van der Waals surface area contributed by atoms with Crippen LogP contribution in [0.2, 0.25) is 0 Å². The summed E-state index contributed by atoms with van der Waals surface area (Å²) in [7, 11) is 0. The van der Waals surface area contributed by atoms with E-state index in [9.17, 15) is 19.2 Å². The number of hydrogen-bond donors (Lipinski definition) is 6. The molecule has 14 heteroatoms. The van der Waals surface area contributed by atoms with E-state index in [1.165, 1.54) is 0 Å². The Morgan fingerprint density at radius 3 is 1.19 bits per heavy atom. The molecule has 0 aliphatic heterocycles. The van der Waals surface area contributed by atoms with Crippen molar-refractivity contribution in [1.82, 2.24) is 41.2 Å². The van der Waals surface area contributed by atoms with Crippen molar-refractivity contribution < 1.29 is 28.7 Å². The molecule has 2 aromatic carbocycles. The Kier molecular flexibility index (Phi) is 14.2. The van der Waals surface area contributed by atoms with Gasteiger partial charge in [-0.05, 0) is 72.6 Å². The zero-order valence-corrected chi connectivity index (χ0v) is 37.8. The van der Waals surface area contributed by atoms with Gasteiger partial charge >= 0.3 is 12.2 Å². The fourth-order valence-corrected chi connectivity index (χ4v) is 8.73. The zero-order valence-electron chi connectivity index (χ0n) is 37.8. The van der Waals surface area contributed by atoms with E-state index in [1.807, 2.05) is 24.3 Å². The lowest BCUT2D eigenvalue weighted by Crippen LogP contribution is -2.61. The van der Waals surface area contributed by atoms with Crippen molar-refractivity contribution in [3.8, 4) is 33.6 Å². The van der Waals surface area contributed by atoms with E-state index in [-0.39, 0.29) is 35.9 Å². The lowest BCUT2D eigenvalue weighted by Gasteiger charge is -2.39. The molecule has 0 radical (unpaired) electrons. The molecule has 4 aromatic rings. The van der Waals surface area contributed by atoms with Gasteiger partial charge < -0.3 is 40.7 Å². The summed E-state index contributed by atoms with van der Waals surface area (Å²) >= 11 is 0. The third-order valence-corrected chi connectivity index (χ3v) is 12.3. The molecule has 2 fully saturated rings. The first-order valence-corrected chi connectivity index (χ1v) is 22.3. The second kappa shape index (κ2) is 19.2. The molecule has 0 bridgehead atoms. The highest BCUT2D eigenvalue weighted by molar-refractivity contribution is 5.91. The molecule has 2 aliphatic carbocycles. The number of H-pyrrole nitrogens is 2. The van der Waals surface area contributed by atoms with Crippen LogP contribution >= 0.6 is 0 Å². The van der Waals surface area contributed by atoms with Crippen LogP contribution in [0.25, 0.3) is 33.6 Å². The number of ether oxygens (including phenoxy) is 2. The molecular formula is C48H66N8O6. The van der Waals surface area contributed by atoms with Gasteiger partial charge in [0.2, 0.25) is 11.8 Å². The SMILES string of the molecule is CCOC(=O)NC1(C(=O)N[C@H](c2ncc(-c3ccc(-c4ccc(-c5cnc([C@@H](NC(=O)C6(NC(=O)OCC)CCCCC6)C(C)(C)C)[nH]5)cc4)cc3)[nH]2)C(C)(C)C)CCCCC1. The minimum Gasteiger partial charge on any atom is -0.450 e. The van der Waals surface area contributed by atoms with Crippen LogP contribution in [0.3, 0.4) is 0 Å². The summed E-state index contributed by atoms with van der Waals surface area (Å²) in [5, 5.41) is 12.3. The molecule has 2 aliphatic rings. The molecule has 2 heterocycles. The van der Waals surface area contributed by atoms with E-state index >= 15 is 0 Å². The lowest BCUT2D eigenvalue weighted by atomic mass is 9.79. The summed E-state index contributed by atoms with van der Waals surface area (Å²) in [6.45, 7) is 16.3. The topological polar surface area (TPSA) is 192 Å². The van der Waals surface area contributed by atoms with E-state index in [2.05, 4.69) is 97.0 Å². The number of alkyl carbamates (subject to hydrolysis) is 2. The largest absolute Gasteiger partial charge is 0.450 e. The molecule has 4 amide bonds. The average molecular weight is 851 g/mol. The van der Waals surface area contributed by atoms with Crippen molar-refractivity contribution in [2.24, 2.45) is 10.8 Å². The molecule has 0 spiro atoms. The molecule has 14 nitrogen and oxygen atoms in total. The molecule has 62 heavy (non-hydrogen) atoms. The average Bonchev–Trinajstić information content (AvgIpc) is 3.93. The van der Waals surface area contributed by atoms with E-state index < -0.39 is 35.3 Å². The molecule has 2 aromatic heterocycles. The second-order valence-electron chi connectivity index (χ2n) is 19.0. The molecule has 2 saturated carbocycles. The fraction of sp³-hybridized carbons (Fsp3) is 0.542. The minimum atomic E-state index is -1.03. The van der Waals surface area contributed by atoms with Gasteiger partial charge in [-0.2, -0.15) is 0 Å². The highest BCUT2D eigenvalue weighted by atomic mass is 16.6. The number of carbonyl (C=O) groups excluding carboxylic acids is 4. The van der Waals surface area contributed by atoms with Gasteiger partial charge in [0.05, 0.1) is 49.1 Å². The Labute approximate surface area is 365 Å². The first-order chi connectivity index (χ1) is 29.5. The van der Waals surface area contributed by atoms with Crippen LogP contribution in [0, 0.1) is 10.8 Å². The van der Waals surface area contributed by atoms with Crippen molar-refractivity contribution in [1.29, 1.82) is 0 Å². The van der Waals surface area contributed by atoms with Gasteiger partial charge in [0.15, 0.2) is 0 Å². The van der Waals surface area contributed by atoms with Crippen molar-refractivity contribution in [2.45, 2.75) is 143 Å². The van der Waals surface area contributed by atoms with Gasteiger partial charge in [0.1, 0.15) is 22.7 Å². The Bertz CT molecular complexity index is 2000.